The highest BCUT2D eigenvalue weighted by Crippen LogP contribution is 2.29. The van der Waals surface area contributed by atoms with Crippen LogP contribution >= 0.6 is 0 Å². The van der Waals surface area contributed by atoms with E-state index in [2.05, 4.69) is 0 Å². The molecule has 0 atom stereocenters. The van der Waals surface area contributed by atoms with E-state index >= 15 is 0 Å². The van der Waals surface area contributed by atoms with E-state index in [1.807, 2.05) is 13.0 Å². The summed E-state index contributed by atoms with van der Waals surface area (Å²) in [6, 6.07) is 8.22. The molecule has 0 aliphatic rings. The van der Waals surface area contributed by atoms with Gasteiger partial charge in [-0.15, -0.1) is 0 Å². The van der Waals surface area contributed by atoms with Crippen LogP contribution in [0, 0.1) is 6.92 Å². The summed E-state index contributed by atoms with van der Waals surface area (Å²) in [5, 5.41) is 0. The second-order valence-corrected chi connectivity index (χ2v) is 5.16. The van der Waals surface area contributed by atoms with Crippen LogP contribution in [-0.2, 0) is 17.5 Å². The lowest BCUT2D eigenvalue weighted by Crippen LogP contribution is -2.23. The number of rotatable bonds is 4. The summed E-state index contributed by atoms with van der Waals surface area (Å²) in [6.07, 6.45) is -1.57. The predicted molar refractivity (Wildman–Crippen MR) is 80.4 cm³/mol. The molecule has 0 aliphatic carbocycles. The van der Waals surface area contributed by atoms with Crippen LogP contribution in [0.2, 0.25) is 0 Å². The molecule has 6 heteroatoms. The van der Waals surface area contributed by atoms with Gasteiger partial charge in [-0.1, -0.05) is 12.1 Å². The fraction of sp³-hybridized carbons (Fsp3) is 0.235. The molecule has 23 heavy (non-hydrogen) atoms. The van der Waals surface area contributed by atoms with E-state index in [-0.39, 0.29) is 5.91 Å². The van der Waals surface area contributed by atoms with Crippen molar-refractivity contribution in [1.29, 1.82) is 0 Å². The Morgan fingerprint density at radius 3 is 2.35 bits per heavy atom. The van der Waals surface area contributed by atoms with Gasteiger partial charge in [-0.3, -0.25) is 4.79 Å². The highest BCUT2D eigenvalue weighted by atomic mass is 19.4. The summed E-state index contributed by atoms with van der Waals surface area (Å²) in [4.78, 5) is 13.4. The second kappa shape index (κ2) is 6.73. The van der Waals surface area contributed by atoms with Crippen LogP contribution in [0.1, 0.15) is 22.6 Å². The number of halogens is 3. The van der Waals surface area contributed by atoms with Crippen molar-refractivity contribution in [2.45, 2.75) is 19.6 Å². The summed E-state index contributed by atoms with van der Waals surface area (Å²) in [7, 11) is 1.62. The minimum Gasteiger partial charge on any atom is -0.464 e. The molecule has 0 bridgehead atoms. The molecule has 0 radical (unpaired) electrons. The van der Waals surface area contributed by atoms with Crippen LogP contribution in [0.15, 0.2) is 46.9 Å². The number of nitrogens with zero attached hydrogens (tertiary/aromatic N) is 1. The van der Waals surface area contributed by atoms with Crippen LogP contribution in [0.3, 0.4) is 0 Å². The summed E-state index contributed by atoms with van der Waals surface area (Å²) >= 11 is 0. The standard InChI is InChI=1S/C17H16F3NO2/c1-12-3-9-15(23-12)11-21(2)16(22)10-6-13-4-7-14(8-5-13)17(18,19)20/h3-10H,11H2,1-2H3/b10-6+. The quantitative estimate of drug-likeness (QED) is 0.787. The Labute approximate surface area is 132 Å². The van der Waals surface area contributed by atoms with E-state index < -0.39 is 11.7 Å². The topological polar surface area (TPSA) is 33.5 Å². The third-order valence-corrected chi connectivity index (χ3v) is 3.22. The first-order valence-electron chi connectivity index (χ1n) is 6.91. The average Bonchev–Trinajstić information content (AvgIpc) is 2.89. The van der Waals surface area contributed by atoms with E-state index in [0.717, 1.165) is 17.9 Å². The molecular weight excluding hydrogens is 307 g/mol. The van der Waals surface area contributed by atoms with Crippen molar-refractivity contribution in [1.82, 2.24) is 4.90 Å². The first-order valence-corrected chi connectivity index (χ1v) is 6.91. The van der Waals surface area contributed by atoms with Crippen LogP contribution in [0.4, 0.5) is 13.2 Å². The van der Waals surface area contributed by atoms with Crippen molar-refractivity contribution >= 4 is 12.0 Å². The molecular formula is C17H16F3NO2. The maximum Gasteiger partial charge on any atom is 0.416 e. The number of benzene rings is 1. The van der Waals surface area contributed by atoms with Crippen LogP contribution < -0.4 is 0 Å². The molecule has 0 fully saturated rings. The Hall–Kier alpha value is -2.50. The number of furan rings is 1. The summed E-state index contributed by atoms with van der Waals surface area (Å²) in [6.45, 7) is 2.14. The van der Waals surface area contributed by atoms with E-state index in [9.17, 15) is 18.0 Å². The molecule has 1 aromatic heterocycles. The van der Waals surface area contributed by atoms with Crippen LogP contribution in [0.25, 0.3) is 6.08 Å². The largest absolute Gasteiger partial charge is 0.464 e. The Balaban J connectivity index is 1.97. The van der Waals surface area contributed by atoms with Gasteiger partial charge in [0, 0.05) is 13.1 Å². The maximum atomic E-state index is 12.5. The Kier molecular flexibility index (Phi) is 4.93. The van der Waals surface area contributed by atoms with E-state index in [4.69, 9.17) is 4.42 Å². The molecule has 0 aliphatic heterocycles. The Morgan fingerprint density at radius 1 is 1.17 bits per heavy atom. The number of alkyl halides is 3. The van der Waals surface area contributed by atoms with Gasteiger partial charge in [0.25, 0.3) is 0 Å². The summed E-state index contributed by atoms with van der Waals surface area (Å²) in [5.41, 5.74) is -0.195. The molecule has 0 spiro atoms. The molecule has 2 rings (SSSR count). The normalized spacial score (nSPS) is 11.9. The van der Waals surface area contributed by atoms with Gasteiger partial charge in [-0.2, -0.15) is 13.2 Å². The molecule has 3 nitrogen and oxygen atoms in total. The van der Waals surface area contributed by atoms with E-state index in [1.54, 1.807) is 13.1 Å². The fourth-order valence-corrected chi connectivity index (χ4v) is 1.96. The lowest BCUT2D eigenvalue weighted by molar-refractivity contribution is -0.137. The molecule has 0 N–H and O–H groups in total. The maximum absolute atomic E-state index is 12.5. The van der Waals surface area contributed by atoms with Gasteiger partial charge in [-0.05, 0) is 42.8 Å². The smallest absolute Gasteiger partial charge is 0.416 e. The zero-order valence-electron chi connectivity index (χ0n) is 12.7. The average molecular weight is 323 g/mol. The number of hydrogen-bond donors (Lipinski definition) is 0. The van der Waals surface area contributed by atoms with Crippen molar-refractivity contribution in [3.63, 3.8) is 0 Å². The molecule has 1 amide bonds. The third-order valence-electron chi connectivity index (χ3n) is 3.22. The second-order valence-electron chi connectivity index (χ2n) is 5.16. The molecule has 122 valence electrons. The third kappa shape index (κ3) is 4.74. The van der Waals surface area contributed by atoms with Gasteiger partial charge in [0.1, 0.15) is 11.5 Å². The fourth-order valence-electron chi connectivity index (χ4n) is 1.96. The van der Waals surface area contributed by atoms with E-state index in [0.29, 0.717) is 17.9 Å². The van der Waals surface area contributed by atoms with Crippen molar-refractivity contribution in [2.75, 3.05) is 7.05 Å². The van der Waals surface area contributed by atoms with Gasteiger partial charge >= 0.3 is 6.18 Å². The highest BCUT2D eigenvalue weighted by Gasteiger charge is 2.29. The number of likely N-dealkylation sites (N-methyl/N-ethyl adjacent to an activating group) is 1. The van der Waals surface area contributed by atoms with Crippen molar-refractivity contribution in [3.05, 3.63) is 65.1 Å². The number of amides is 1. The Bertz CT molecular complexity index is 699. The van der Waals surface area contributed by atoms with Crippen LogP contribution in [-0.4, -0.2) is 17.9 Å². The summed E-state index contributed by atoms with van der Waals surface area (Å²) in [5.74, 6) is 1.17. The molecule has 1 aromatic carbocycles. The van der Waals surface area contributed by atoms with Gasteiger partial charge in [0.05, 0.1) is 12.1 Å². The minimum absolute atomic E-state index is 0.265. The predicted octanol–water partition coefficient (Wildman–Crippen LogP) is 4.28. The van der Waals surface area contributed by atoms with Gasteiger partial charge in [0.15, 0.2) is 0 Å². The van der Waals surface area contributed by atoms with Crippen molar-refractivity contribution < 1.29 is 22.4 Å². The first-order chi connectivity index (χ1) is 10.8. The summed E-state index contributed by atoms with van der Waals surface area (Å²) < 4.78 is 42.8. The first kappa shape index (κ1) is 16.9. The van der Waals surface area contributed by atoms with Gasteiger partial charge in [-0.25, -0.2) is 0 Å². The SMILES string of the molecule is Cc1ccc(CN(C)C(=O)/C=C/c2ccc(C(F)(F)F)cc2)o1. The lowest BCUT2D eigenvalue weighted by atomic mass is 10.1. The van der Waals surface area contributed by atoms with Gasteiger partial charge in [0.2, 0.25) is 5.91 Å². The number of aryl methyl sites for hydroxylation is 1. The minimum atomic E-state index is -4.36. The molecule has 1 heterocycles. The van der Waals surface area contributed by atoms with Gasteiger partial charge < -0.3 is 9.32 Å². The zero-order chi connectivity index (χ0) is 17.0. The molecule has 0 saturated heterocycles. The van der Waals surface area contributed by atoms with Crippen molar-refractivity contribution in [2.24, 2.45) is 0 Å². The molecule has 2 aromatic rings. The van der Waals surface area contributed by atoms with E-state index in [1.165, 1.54) is 29.2 Å². The Morgan fingerprint density at radius 2 is 1.83 bits per heavy atom. The van der Waals surface area contributed by atoms with Crippen molar-refractivity contribution in [3.8, 4) is 0 Å². The highest BCUT2D eigenvalue weighted by molar-refractivity contribution is 5.91. The monoisotopic (exact) mass is 323 g/mol. The number of hydrogen-bond acceptors (Lipinski definition) is 2. The molecule has 0 unspecified atom stereocenters. The number of carbonyl (C=O) groups excluding carboxylic acids is 1. The number of carbonyl (C=O) groups is 1. The molecule has 0 saturated carbocycles. The zero-order valence-corrected chi connectivity index (χ0v) is 12.7. The van der Waals surface area contributed by atoms with Crippen LogP contribution in [0.5, 0.6) is 0 Å². The lowest BCUT2D eigenvalue weighted by Gasteiger charge is -2.13.